The van der Waals surface area contributed by atoms with Crippen molar-refractivity contribution in [1.29, 1.82) is 0 Å². The molecule has 0 saturated heterocycles. The molecule has 0 unspecified atom stereocenters. The van der Waals surface area contributed by atoms with Gasteiger partial charge in [-0.25, -0.2) is 0 Å². The van der Waals surface area contributed by atoms with Crippen LogP contribution >= 0.6 is 0 Å². The number of likely N-dealkylation sites (N-methyl/N-ethyl adjacent to an activating group) is 1. The number of hydrogen-bond acceptors (Lipinski definition) is 2. The maximum Gasteiger partial charge on any atom is 0.263 e. The molecule has 2 aromatic rings. The number of amides is 1. The topological polar surface area (TPSA) is 29.5 Å². The predicted octanol–water partition coefficient (Wildman–Crippen LogP) is 4.40. The van der Waals surface area contributed by atoms with Crippen molar-refractivity contribution >= 4 is 16.7 Å². The summed E-state index contributed by atoms with van der Waals surface area (Å²) < 4.78 is 5.90. The van der Waals surface area contributed by atoms with Crippen molar-refractivity contribution in [2.75, 3.05) is 7.05 Å². The van der Waals surface area contributed by atoms with Crippen LogP contribution in [0.3, 0.4) is 0 Å². The Balaban J connectivity index is 1.66. The Kier molecular flexibility index (Phi) is 4.85. The van der Waals surface area contributed by atoms with Gasteiger partial charge < -0.3 is 9.64 Å². The van der Waals surface area contributed by atoms with Crippen LogP contribution in [0.5, 0.6) is 5.75 Å². The van der Waals surface area contributed by atoms with E-state index in [1.54, 1.807) is 0 Å². The van der Waals surface area contributed by atoms with Crippen LogP contribution in [0.15, 0.2) is 42.5 Å². The second kappa shape index (κ2) is 7.03. The Bertz CT molecular complexity index is 676. The van der Waals surface area contributed by atoms with Crippen LogP contribution in [0.25, 0.3) is 10.8 Å². The van der Waals surface area contributed by atoms with Crippen molar-refractivity contribution in [1.82, 2.24) is 4.90 Å². The molecule has 0 aliphatic heterocycles. The molecule has 0 N–H and O–H groups in total. The summed E-state index contributed by atoms with van der Waals surface area (Å²) in [5, 5.41) is 2.31. The molecule has 0 bridgehead atoms. The van der Waals surface area contributed by atoms with Gasteiger partial charge in [-0.2, -0.15) is 0 Å². The number of carbonyl (C=O) groups is 1. The molecule has 1 saturated carbocycles. The number of benzene rings is 2. The van der Waals surface area contributed by atoms with Gasteiger partial charge in [-0.1, -0.05) is 49.6 Å². The largest absolute Gasteiger partial charge is 0.481 e. The van der Waals surface area contributed by atoms with E-state index in [1.165, 1.54) is 24.6 Å². The highest BCUT2D eigenvalue weighted by molar-refractivity contribution is 5.84. The fourth-order valence-corrected chi connectivity index (χ4v) is 3.43. The second-order valence-corrected chi connectivity index (χ2v) is 6.51. The summed E-state index contributed by atoms with van der Waals surface area (Å²) in [7, 11) is 1.92. The van der Waals surface area contributed by atoms with E-state index in [4.69, 9.17) is 4.74 Å². The molecule has 1 aliphatic rings. The Labute approximate surface area is 138 Å². The number of fused-ring (bicyclic) bond motifs is 1. The van der Waals surface area contributed by atoms with Crippen LogP contribution in [-0.4, -0.2) is 30.0 Å². The molecule has 3 nitrogen and oxygen atoms in total. The normalized spacial score (nSPS) is 17.0. The van der Waals surface area contributed by atoms with E-state index < -0.39 is 6.10 Å². The molecule has 0 aromatic heterocycles. The monoisotopic (exact) mass is 311 g/mol. The Morgan fingerprint density at radius 1 is 1.09 bits per heavy atom. The van der Waals surface area contributed by atoms with Gasteiger partial charge in [-0.3, -0.25) is 4.79 Å². The van der Waals surface area contributed by atoms with E-state index >= 15 is 0 Å². The summed E-state index contributed by atoms with van der Waals surface area (Å²) in [5.41, 5.74) is 0. The highest BCUT2D eigenvalue weighted by atomic mass is 16.5. The van der Waals surface area contributed by atoms with Gasteiger partial charge in [0.15, 0.2) is 6.10 Å². The van der Waals surface area contributed by atoms with Crippen LogP contribution < -0.4 is 4.74 Å². The standard InChI is InChI=1S/C20H25NO2/c1-15(20(22)21(2)18-10-4-3-5-11-18)23-19-13-12-16-8-6-7-9-17(16)14-19/h6-9,12-15,18H,3-5,10-11H2,1-2H3/t15-/m1/s1. The average molecular weight is 311 g/mol. The molecule has 1 fully saturated rings. The number of carbonyl (C=O) groups excluding carboxylic acids is 1. The number of nitrogens with zero attached hydrogens (tertiary/aromatic N) is 1. The van der Waals surface area contributed by atoms with Crippen LogP contribution in [0.4, 0.5) is 0 Å². The Morgan fingerprint density at radius 2 is 1.78 bits per heavy atom. The lowest BCUT2D eigenvalue weighted by molar-refractivity contribution is -0.139. The summed E-state index contributed by atoms with van der Waals surface area (Å²) >= 11 is 0. The first-order valence-corrected chi connectivity index (χ1v) is 8.57. The van der Waals surface area contributed by atoms with Crippen molar-refractivity contribution < 1.29 is 9.53 Å². The van der Waals surface area contributed by atoms with E-state index in [2.05, 4.69) is 12.1 Å². The molecule has 1 aliphatic carbocycles. The van der Waals surface area contributed by atoms with E-state index in [9.17, 15) is 4.79 Å². The molecular weight excluding hydrogens is 286 g/mol. The molecule has 0 spiro atoms. The van der Waals surface area contributed by atoms with Crippen LogP contribution in [0, 0.1) is 0 Å². The lowest BCUT2D eigenvalue weighted by Crippen LogP contribution is -2.44. The Morgan fingerprint density at radius 3 is 2.52 bits per heavy atom. The van der Waals surface area contributed by atoms with Gasteiger partial charge in [0.1, 0.15) is 5.75 Å². The minimum Gasteiger partial charge on any atom is -0.481 e. The maximum atomic E-state index is 12.6. The number of ether oxygens (including phenoxy) is 1. The molecule has 122 valence electrons. The van der Waals surface area contributed by atoms with E-state index in [1.807, 2.05) is 49.2 Å². The fraction of sp³-hybridized carbons (Fsp3) is 0.450. The zero-order valence-electron chi connectivity index (χ0n) is 14.0. The van der Waals surface area contributed by atoms with Gasteiger partial charge in [0.05, 0.1) is 0 Å². The molecule has 3 heteroatoms. The van der Waals surface area contributed by atoms with E-state index in [-0.39, 0.29) is 5.91 Å². The lowest BCUT2D eigenvalue weighted by Gasteiger charge is -2.32. The zero-order chi connectivity index (χ0) is 16.2. The summed E-state index contributed by atoms with van der Waals surface area (Å²) in [4.78, 5) is 14.5. The average Bonchev–Trinajstić information content (AvgIpc) is 2.61. The summed E-state index contributed by atoms with van der Waals surface area (Å²) in [6.07, 6.45) is 5.52. The third-order valence-corrected chi connectivity index (χ3v) is 4.85. The summed E-state index contributed by atoms with van der Waals surface area (Å²) in [6.45, 7) is 1.84. The molecule has 2 aromatic carbocycles. The second-order valence-electron chi connectivity index (χ2n) is 6.51. The van der Waals surface area contributed by atoms with Gasteiger partial charge in [0.25, 0.3) is 5.91 Å². The minimum atomic E-state index is -0.455. The van der Waals surface area contributed by atoms with Gasteiger partial charge in [-0.15, -0.1) is 0 Å². The highest BCUT2D eigenvalue weighted by Gasteiger charge is 2.26. The van der Waals surface area contributed by atoms with Crippen molar-refractivity contribution in [3.8, 4) is 5.75 Å². The maximum absolute atomic E-state index is 12.6. The molecular formula is C20H25NO2. The molecule has 1 amide bonds. The highest BCUT2D eigenvalue weighted by Crippen LogP contribution is 2.24. The molecule has 23 heavy (non-hydrogen) atoms. The smallest absolute Gasteiger partial charge is 0.263 e. The quantitative estimate of drug-likeness (QED) is 0.837. The van der Waals surface area contributed by atoms with Crippen molar-refractivity contribution in [2.45, 2.75) is 51.2 Å². The summed E-state index contributed by atoms with van der Waals surface area (Å²) in [5.74, 6) is 0.826. The first-order valence-electron chi connectivity index (χ1n) is 8.57. The van der Waals surface area contributed by atoms with Crippen molar-refractivity contribution in [3.63, 3.8) is 0 Å². The van der Waals surface area contributed by atoms with Crippen LogP contribution in [0.2, 0.25) is 0 Å². The first-order chi connectivity index (χ1) is 11.1. The van der Waals surface area contributed by atoms with E-state index in [0.29, 0.717) is 6.04 Å². The van der Waals surface area contributed by atoms with Gasteiger partial charge in [0.2, 0.25) is 0 Å². The third-order valence-electron chi connectivity index (χ3n) is 4.85. The molecule has 1 atom stereocenters. The van der Waals surface area contributed by atoms with Gasteiger partial charge in [0, 0.05) is 13.1 Å². The number of hydrogen-bond donors (Lipinski definition) is 0. The fourth-order valence-electron chi connectivity index (χ4n) is 3.43. The third kappa shape index (κ3) is 3.66. The predicted molar refractivity (Wildman–Crippen MR) is 93.7 cm³/mol. The molecule has 0 radical (unpaired) electrons. The zero-order valence-corrected chi connectivity index (χ0v) is 14.0. The number of rotatable bonds is 4. The lowest BCUT2D eigenvalue weighted by atomic mass is 9.94. The molecule has 3 rings (SSSR count). The van der Waals surface area contributed by atoms with Gasteiger partial charge in [-0.05, 0) is 42.7 Å². The minimum absolute atomic E-state index is 0.0741. The molecule has 0 heterocycles. The van der Waals surface area contributed by atoms with Gasteiger partial charge >= 0.3 is 0 Å². The van der Waals surface area contributed by atoms with Crippen molar-refractivity contribution in [3.05, 3.63) is 42.5 Å². The summed E-state index contributed by atoms with van der Waals surface area (Å²) in [6, 6.07) is 14.5. The Hall–Kier alpha value is -2.03. The van der Waals surface area contributed by atoms with E-state index in [0.717, 1.165) is 24.0 Å². The SMILES string of the molecule is C[C@@H](Oc1ccc2ccccc2c1)C(=O)N(C)C1CCCCC1. The first kappa shape index (κ1) is 15.9. The van der Waals surface area contributed by atoms with Crippen LogP contribution in [0.1, 0.15) is 39.0 Å². The van der Waals surface area contributed by atoms with Crippen LogP contribution in [-0.2, 0) is 4.79 Å². The van der Waals surface area contributed by atoms with Crippen molar-refractivity contribution in [2.24, 2.45) is 0 Å².